The third-order valence-electron chi connectivity index (χ3n) is 2.41. The van der Waals surface area contributed by atoms with Crippen molar-refractivity contribution in [3.8, 4) is 0 Å². The van der Waals surface area contributed by atoms with Gasteiger partial charge in [-0.15, -0.1) is 0 Å². The molecule has 3 nitrogen and oxygen atoms in total. The fraction of sp³-hybridized carbons (Fsp3) is 0.273. The van der Waals surface area contributed by atoms with Gasteiger partial charge < -0.3 is 0 Å². The van der Waals surface area contributed by atoms with Crippen LogP contribution in [0.4, 0.5) is 0 Å². The molecule has 0 spiro atoms. The van der Waals surface area contributed by atoms with E-state index in [1.807, 2.05) is 24.6 Å². The molecule has 0 radical (unpaired) electrons. The van der Waals surface area contributed by atoms with Crippen LogP contribution in [0.5, 0.6) is 0 Å². The van der Waals surface area contributed by atoms with Crippen molar-refractivity contribution in [2.45, 2.75) is 20.4 Å². The summed E-state index contributed by atoms with van der Waals surface area (Å²) in [5.74, 6) is 0.0324. The zero-order valence-electron chi connectivity index (χ0n) is 9.03. The van der Waals surface area contributed by atoms with Gasteiger partial charge in [-0.1, -0.05) is 0 Å². The Kier molecular flexibility index (Phi) is 3.25. The number of carbonyl (C=O) groups is 1. The summed E-state index contributed by atoms with van der Waals surface area (Å²) in [5.41, 5.74) is 2.41. The molecule has 2 heterocycles. The van der Waals surface area contributed by atoms with E-state index in [-0.39, 0.29) is 5.78 Å². The van der Waals surface area contributed by atoms with E-state index in [0.717, 1.165) is 15.6 Å². The first kappa shape index (κ1) is 11.5. The lowest BCUT2D eigenvalue weighted by atomic mass is 10.1. The number of hydrogen-bond acceptors (Lipinski definition) is 3. The van der Waals surface area contributed by atoms with Gasteiger partial charge in [-0.25, -0.2) is 0 Å². The van der Waals surface area contributed by atoms with Crippen LogP contribution in [0.25, 0.3) is 0 Å². The Morgan fingerprint density at radius 2 is 2.31 bits per heavy atom. The number of ketones is 1. The van der Waals surface area contributed by atoms with E-state index in [2.05, 4.69) is 21.0 Å². The predicted molar refractivity (Wildman–Crippen MR) is 68.1 cm³/mol. The largest absolute Gasteiger partial charge is 0.287 e. The van der Waals surface area contributed by atoms with Gasteiger partial charge in [0.05, 0.1) is 10.7 Å². The zero-order valence-corrected chi connectivity index (χ0v) is 11.4. The molecule has 0 amide bonds. The molecule has 2 rings (SSSR count). The fourth-order valence-corrected chi connectivity index (χ4v) is 2.85. The van der Waals surface area contributed by atoms with Gasteiger partial charge in [0.25, 0.3) is 0 Å². The van der Waals surface area contributed by atoms with Gasteiger partial charge in [-0.05, 0) is 40.7 Å². The maximum absolute atomic E-state index is 12.3. The molecular weight excluding hydrogens is 288 g/mol. The maximum Gasteiger partial charge on any atom is 0.213 e. The highest BCUT2D eigenvalue weighted by atomic mass is 79.9. The highest BCUT2D eigenvalue weighted by Crippen LogP contribution is 2.23. The summed E-state index contributed by atoms with van der Waals surface area (Å²) in [7, 11) is 0. The zero-order chi connectivity index (χ0) is 11.7. The molecule has 0 bridgehead atoms. The number of aryl methyl sites for hydroxylation is 2. The number of rotatable bonds is 3. The first-order valence-electron chi connectivity index (χ1n) is 4.94. The minimum atomic E-state index is 0.0324. The Bertz CT molecular complexity index is 530. The monoisotopic (exact) mass is 298 g/mol. The van der Waals surface area contributed by atoms with E-state index in [0.29, 0.717) is 12.2 Å². The highest BCUT2D eigenvalue weighted by molar-refractivity contribution is 9.10. The summed E-state index contributed by atoms with van der Waals surface area (Å²) in [6, 6.07) is 0. The van der Waals surface area contributed by atoms with Crippen molar-refractivity contribution in [1.82, 2.24) is 9.78 Å². The SMILES string of the molecule is CCn1ncc(Br)c1C(=O)c1cscc1C. The topological polar surface area (TPSA) is 34.9 Å². The van der Waals surface area contributed by atoms with Crippen LogP contribution in [0.3, 0.4) is 0 Å². The van der Waals surface area contributed by atoms with Crippen LogP contribution in [-0.2, 0) is 6.54 Å². The molecule has 2 aromatic heterocycles. The van der Waals surface area contributed by atoms with E-state index < -0.39 is 0 Å². The van der Waals surface area contributed by atoms with Crippen LogP contribution in [0.15, 0.2) is 21.4 Å². The fourth-order valence-electron chi connectivity index (χ4n) is 1.55. The Balaban J connectivity index is 2.49. The van der Waals surface area contributed by atoms with Crippen LogP contribution < -0.4 is 0 Å². The highest BCUT2D eigenvalue weighted by Gasteiger charge is 2.20. The number of hydrogen-bond donors (Lipinski definition) is 0. The normalized spacial score (nSPS) is 10.7. The van der Waals surface area contributed by atoms with Crippen LogP contribution >= 0.6 is 27.3 Å². The third-order valence-corrected chi connectivity index (χ3v) is 3.85. The molecule has 0 fully saturated rings. The second-order valence-electron chi connectivity index (χ2n) is 3.45. The number of thiophene rings is 1. The third kappa shape index (κ3) is 1.85. The summed E-state index contributed by atoms with van der Waals surface area (Å²) in [6.07, 6.45) is 1.67. The molecule has 5 heteroatoms. The second kappa shape index (κ2) is 4.51. The average Bonchev–Trinajstić information content (AvgIpc) is 2.83. The average molecular weight is 299 g/mol. The lowest BCUT2D eigenvalue weighted by Crippen LogP contribution is -2.11. The lowest BCUT2D eigenvalue weighted by Gasteiger charge is -2.04. The number of carbonyl (C=O) groups excluding carboxylic acids is 1. The van der Waals surface area contributed by atoms with Crippen LogP contribution in [-0.4, -0.2) is 15.6 Å². The van der Waals surface area contributed by atoms with E-state index in [1.54, 1.807) is 22.2 Å². The molecule has 0 aromatic carbocycles. The molecule has 0 atom stereocenters. The maximum atomic E-state index is 12.3. The van der Waals surface area contributed by atoms with Crippen LogP contribution in [0.2, 0.25) is 0 Å². The smallest absolute Gasteiger partial charge is 0.213 e. The molecule has 0 saturated carbocycles. The number of aromatic nitrogens is 2. The molecule has 2 aromatic rings. The Morgan fingerprint density at radius 1 is 1.56 bits per heavy atom. The van der Waals surface area contributed by atoms with Crippen LogP contribution in [0.1, 0.15) is 28.5 Å². The van der Waals surface area contributed by atoms with Crippen molar-refractivity contribution < 1.29 is 4.79 Å². The first-order valence-corrected chi connectivity index (χ1v) is 6.67. The summed E-state index contributed by atoms with van der Waals surface area (Å²) in [6.45, 7) is 4.61. The van der Waals surface area contributed by atoms with Gasteiger partial charge in [0.2, 0.25) is 5.78 Å². The standard InChI is InChI=1S/C11H11BrN2OS/c1-3-14-10(9(12)4-13-14)11(15)8-6-16-5-7(8)2/h4-6H,3H2,1-2H3. The molecular formula is C11H11BrN2OS. The Hall–Kier alpha value is -0.940. The molecule has 0 aliphatic heterocycles. The van der Waals surface area contributed by atoms with Gasteiger partial charge in [-0.2, -0.15) is 16.4 Å². The van der Waals surface area contributed by atoms with Crippen molar-refractivity contribution >= 4 is 33.0 Å². The molecule has 0 aliphatic rings. The van der Waals surface area contributed by atoms with Gasteiger partial charge in [-0.3, -0.25) is 9.48 Å². The summed E-state index contributed by atoms with van der Waals surface area (Å²) >= 11 is 4.91. The summed E-state index contributed by atoms with van der Waals surface area (Å²) in [5, 5.41) is 8.01. The Labute approximate surface area is 106 Å². The van der Waals surface area contributed by atoms with E-state index in [1.165, 1.54) is 0 Å². The van der Waals surface area contributed by atoms with Gasteiger partial charge >= 0.3 is 0 Å². The molecule has 0 aliphatic carbocycles. The minimum absolute atomic E-state index is 0.0324. The van der Waals surface area contributed by atoms with Crippen LogP contribution in [0, 0.1) is 6.92 Å². The minimum Gasteiger partial charge on any atom is -0.287 e. The van der Waals surface area contributed by atoms with Gasteiger partial charge in [0, 0.05) is 17.5 Å². The van der Waals surface area contributed by atoms with Crippen molar-refractivity contribution in [1.29, 1.82) is 0 Å². The van der Waals surface area contributed by atoms with Gasteiger partial charge in [0.15, 0.2) is 0 Å². The predicted octanol–water partition coefficient (Wildman–Crippen LogP) is 3.27. The second-order valence-corrected chi connectivity index (χ2v) is 5.05. The molecule has 84 valence electrons. The van der Waals surface area contributed by atoms with E-state index >= 15 is 0 Å². The van der Waals surface area contributed by atoms with Crippen molar-refractivity contribution in [3.05, 3.63) is 38.3 Å². The summed E-state index contributed by atoms with van der Waals surface area (Å²) in [4.78, 5) is 12.3. The first-order chi connectivity index (χ1) is 7.65. The van der Waals surface area contributed by atoms with Crippen molar-refractivity contribution in [2.75, 3.05) is 0 Å². The molecule has 0 saturated heterocycles. The quantitative estimate of drug-likeness (QED) is 0.815. The molecule has 0 N–H and O–H groups in total. The Morgan fingerprint density at radius 3 is 2.88 bits per heavy atom. The summed E-state index contributed by atoms with van der Waals surface area (Å²) < 4.78 is 2.47. The van der Waals surface area contributed by atoms with E-state index in [4.69, 9.17) is 0 Å². The molecule has 16 heavy (non-hydrogen) atoms. The number of halogens is 1. The van der Waals surface area contributed by atoms with Gasteiger partial charge in [0.1, 0.15) is 5.69 Å². The lowest BCUT2D eigenvalue weighted by molar-refractivity contribution is 0.102. The number of nitrogens with zero attached hydrogens (tertiary/aromatic N) is 2. The van der Waals surface area contributed by atoms with Crippen molar-refractivity contribution in [2.24, 2.45) is 0 Å². The molecule has 0 unspecified atom stereocenters. The van der Waals surface area contributed by atoms with E-state index in [9.17, 15) is 4.79 Å². The van der Waals surface area contributed by atoms with Crippen molar-refractivity contribution in [3.63, 3.8) is 0 Å².